The molecule has 1 amide bonds. The molecule has 0 atom stereocenters. The molecule has 0 aromatic carbocycles. The van der Waals surface area contributed by atoms with Gasteiger partial charge in [0.05, 0.1) is 0 Å². The molecule has 0 saturated heterocycles. The van der Waals surface area contributed by atoms with Gasteiger partial charge in [0.1, 0.15) is 5.69 Å². The minimum absolute atomic E-state index is 0.278. The van der Waals surface area contributed by atoms with E-state index in [-0.39, 0.29) is 11.6 Å². The first kappa shape index (κ1) is 11.0. The molecule has 16 heavy (non-hydrogen) atoms. The van der Waals surface area contributed by atoms with Gasteiger partial charge in [0.25, 0.3) is 5.91 Å². The van der Waals surface area contributed by atoms with Gasteiger partial charge in [0.15, 0.2) is 5.13 Å². The number of amides is 1. The fraction of sp³-hybridized carbons (Fsp3) is 0.100. The van der Waals surface area contributed by atoms with Gasteiger partial charge >= 0.3 is 0 Å². The van der Waals surface area contributed by atoms with Gasteiger partial charge in [-0.15, -0.1) is 11.3 Å². The highest BCUT2D eigenvalue weighted by atomic mass is 35.5. The number of halogens is 1. The lowest BCUT2D eigenvalue weighted by atomic mass is 10.3. The van der Waals surface area contributed by atoms with Crippen molar-refractivity contribution >= 4 is 34.0 Å². The zero-order valence-corrected chi connectivity index (χ0v) is 9.97. The summed E-state index contributed by atoms with van der Waals surface area (Å²) < 4.78 is 0. The van der Waals surface area contributed by atoms with E-state index < -0.39 is 0 Å². The van der Waals surface area contributed by atoms with Crippen molar-refractivity contribution in [2.24, 2.45) is 0 Å². The molecule has 0 unspecified atom stereocenters. The Morgan fingerprint density at radius 2 is 2.31 bits per heavy atom. The normalized spacial score (nSPS) is 10.1. The predicted molar refractivity (Wildman–Crippen MR) is 64.1 cm³/mol. The summed E-state index contributed by atoms with van der Waals surface area (Å²) in [5, 5.41) is 3.70. The Labute approximate surface area is 101 Å². The maximum Gasteiger partial charge on any atom is 0.276 e. The molecule has 0 spiro atoms. The van der Waals surface area contributed by atoms with E-state index in [1.807, 2.05) is 6.92 Å². The van der Waals surface area contributed by atoms with E-state index in [4.69, 9.17) is 11.6 Å². The highest BCUT2D eigenvalue weighted by molar-refractivity contribution is 7.15. The van der Waals surface area contributed by atoms with Crippen molar-refractivity contribution < 1.29 is 4.79 Å². The van der Waals surface area contributed by atoms with Crippen LogP contribution in [0.2, 0.25) is 5.02 Å². The summed E-state index contributed by atoms with van der Waals surface area (Å²) in [5.41, 5.74) is 0.278. The monoisotopic (exact) mass is 253 g/mol. The van der Waals surface area contributed by atoms with Gasteiger partial charge < -0.3 is 0 Å². The lowest BCUT2D eigenvalue weighted by molar-refractivity contribution is 0.102. The number of carbonyl (C=O) groups excluding carboxylic acids is 1. The largest absolute Gasteiger partial charge is 0.296 e. The van der Waals surface area contributed by atoms with Gasteiger partial charge in [-0.1, -0.05) is 11.6 Å². The number of aryl methyl sites for hydroxylation is 1. The third-order valence-corrected chi connectivity index (χ3v) is 2.86. The van der Waals surface area contributed by atoms with Crippen LogP contribution < -0.4 is 5.32 Å². The molecule has 0 fully saturated rings. The molecule has 0 radical (unpaired) electrons. The summed E-state index contributed by atoms with van der Waals surface area (Å²) >= 11 is 7.17. The number of hydrogen-bond donors (Lipinski definition) is 1. The zero-order chi connectivity index (χ0) is 11.5. The summed E-state index contributed by atoms with van der Waals surface area (Å²) in [5.74, 6) is -0.308. The lowest BCUT2D eigenvalue weighted by Gasteiger charge is -2.00. The zero-order valence-electron chi connectivity index (χ0n) is 8.40. The minimum atomic E-state index is -0.308. The van der Waals surface area contributed by atoms with Crippen LogP contribution in [-0.4, -0.2) is 15.9 Å². The van der Waals surface area contributed by atoms with Crippen LogP contribution in [0.1, 0.15) is 15.4 Å². The van der Waals surface area contributed by atoms with Gasteiger partial charge in [0.2, 0.25) is 0 Å². The molecule has 0 aliphatic heterocycles. The van der Waals surface area contributed by atoms with Crippen LogP contribution in [0.5, 0.6) is 0 Å². The average Bonchev–Trinajstić information content (AvgIpc) is 2.64. The third kappa shape index (κ3) is 2.56. The molecule has 2 heterocycles. The van der Waals surface area contributed by atoms with Crippen LogP contribution in [0, 0.1) is 6.92 Å². The van der Waals surface area contributed by atoms with E-state index in [9.17, 15) is 4.79 Å². The van der Waals surface area contributed by atoms with E-state index in [1.165, 1.54) is 23.6 Å². The third-order valence-electron chi connectivity index (χ3n) is 1.80. The van der Waals surface area contributed by atoms with Crippen LogP contribution in [0.25, 0.3) is 0 Å². The first-order valence-corrected chi connectivity index (χ1v) is 5.70. The minimum Gasteiger partial charge on any atom is -0.296 e. The molecule has 6 heteroatoms. The Morgan fingerprint density at radius 1 is 1.50 bits per heavy atom. The number of nitrogens with one attached hydrogen (secondary N) is 1. The standard InChI is InChI=1S/C10H8ClN3OS/c1-6-5-13-10(16-6)14-9(15)8-4-7(11)2-3-12-8/h2-5H,1H3,(H,13,14,15). The highest BCUT2D eigenvalue weighted by Gasteiger charge is 2.09. The van der Waals surface area contributed by atoms with Crippen molar-refractivity contribution in [1.29, 1.82) is 0 Å². The maximum absolute atomic E-state index is 11.7. The lowest BCUT2D eigenvalue weighted by Crippen LogP contribution is -2.13. The van der Waals surface area contributed by atoms with Crippen molar-refractivity contribution in [3.05, 3.63) is 40.1 Å². The molecule has 1 N–H and O–H groups in total. The molecule has 2 aromatic rings. The summed E-state index contributed by atoms with van der Waals surface area (Å²) in [7, 11) is 0. The number of thiazole rings is 1. The second-order valence-corrected chi connectivity index (χ2v) is 4.76. The first-order valence-electron chi connectivity index (χ1n) is 4.50. The van der Waals surface area contributed by atoms with E-state index in [2.05, 4.69) is 15.3 Å². The molecular weight excluding hydrogens is 246 g/mol. The predicted octanol–water partition coefficient (Wildman–Crippen LogP) is 2.75. The number of anilines is 1. The first-order chi connectivity index (χ1) is 7.65. The molecule has 0 saturated carbocycles. The molecule has 0 aliphatic carbocycles. The van der Waals surface area contributed by atoms with Gasteiger partial charge in [-0.3, -0.25) is 15.1 Å². The number of carbonyl (C=O) groups is 1. The topological polar surface area (TPSA) is 54.9 Å². The summed E-state index contributed by atoms with van der Waals surface area (Å²) in [6, 6.07) is 3.13. The fourth-order valence-electron chi connectivity index (χ4n) is 1.10. The van der Waals surface area contributed by atoms with Crippen molar-refractivity contribution in [2.75, 3.05) is 5.32 Å². The van der Waals surface area contributed by atoms with E-state index in [0.29, 0.717) is 10.2 Å². The quantitative estimate of drug-likeness (QED) is 0.895. The fourth-order valence-corrected chi connectivity index (χ4v) is 1.92. The second-order valence-electron chi connectivity index (χ2n) is 3.09. The highest BCUT2D eigenvalue weighted by Crippen LogP contribution is 2.17. The molecule has 0 bridgehead atoms. The van der Waals surface area contributed by atoms with Gasteiger partial charge in [0, 0.05) is 22.3 Å². The molecule has 2 rings (SSSR count). The summed E-state index contributed by atoms with van der Waals surface area (Å²) in [6.45, 7) is 1.92. The van der Waals surface area contributed by atoms with Crippen LogP contribution in [-0.2, 0) is 0 Å². The Bertz CT molecular complexity index is 526. The Balaban J connectivity index is 2.14. The molecular formula is C10H8ClN3OS. The SMILES string of the molecule is Cc1cnc(NC(=O)c2cc(Cl)ccn2)s1. The van der Waals surface area contributed by atoms with Crippen LogP contribution >= 0.6 is 22.9 Å². The molecule has 2 aromatic heterocycles. The van der Waals surface area contributed by atoms with Crippen LogP contribution in [0.3, 0.4) is 0 Å². The Morgan fingerprint density at radius 3 is 2.94 bits per heavy atom. The summed E-state index contributed by atoms with van der Waals surface area (Å²) in [4.78, 5) is 20.7. The van der Waals surface area contributed by atoms with Crippen LogP contribution in [0.15, 0.2) is 24.5 Å². The second kappa shape index (κ2) is 4.59. The van der Waals surface area contributed by atoms with Gasteiger partial charge in [-0.2, -0.15) is 0 Å². The molecule has 0 aliphatic rings. The van der Waals surface area contributed by atoms with Crippen molar-refractivity contribution in [3.63, 3.8) is 0 Å². The van der Waals surface area contributed by atoms with Crippen molar-refractivity contribution in [3.8, 4) is 0 Å². The van der Waals surface area contributed by atoms with E-state index in [0.717, 1.165) is 4.88 Å². The van der Waals surface area contributed by atoms with Gasteiger partial charge in [-0.05, 0) is 19.1 Å². The Kier molecular flexibility index (Phi) is 3.17. The molecule has 4 nitrogen and oxygen atoms in total. The number of nitrogens with zero attached hydrogens (tertiary/aromatic N) is 2. The van der Waals surface area contributed by atoms with E-state index in [1.54, 1.807) is 12.3 Å². The maximum atomic E-state index is 11.7. The van der Waals surface area contributed by atoms with Crippen LogP contribution in [0.4, 0.5) is 5.13 Å². The number of rotatable bonds is 2. The van der Waals surface area contributed by atoms with Crippen molar-refractivity contribution in [2.45, 2.75) is 6.92 Å². The van der Waals surface area contributed by atoms with E-state index >= 15 is 0 Å². The summed E-state index contributed by atoms with van der Waals surface area (Å²) in [6.07, 6.45) is 3.19. The molecule has 82 valence electrons. The Hall–Kier alpha value is -1.46. The average molecular weight is 254 g/mol. The number of pyridine rings is 1. The number of aromatic nitrogens is 2. The van der Waals surface area contributed by atoms with Gasteiger partial charge in [-0.25, -0.2) is 4.98 Å². The smallest absolute Gasteiger partial charge is 0.276 e. The van der Waals surface area contributed by atoms with Crippen molar-refractivity contribution in [1.82, 2.24) is 9.97 Å². The number of hydrogen-bond acceptors (Lipinski definition) is 4.